The second-order valence-electron chi connectivity index (χ2n) is 2.91. The number of pyridine rings is 1. The molecule has 1 saturated heterocycles. The summed E-state index contributed by atoms with van der Waals surface area (Å²) in [6, 6.07) is 2.88. The van der Waals surface area contributed by atoms with Gasteiger partial charge in [0, 0.05) is 19.3 Å². The third kappa shape index (κ3) is 4.28. The molecule has 6 heteroatoms. The number of amides is 1. The summed E-state index contributed by atoms with van der Waals surface area (Å²) in [5.74, 6) is -0.140. The highest BCUT2D eigenvalue weighted by Crippen LogP contribution is 1.92. The molecule has 1 fully saturated rings. The zero-order valence-electron chi connectivity index (χ0n) is 8.12. The van der Waals surface area contributed by atoms with Crippen LogP contribution in [0.4, 0.5) is 0 Å². The minimum absolute atomic E-state index is 0.103. The number of aromatic nitrogens is 1. The second-order valence-corrected chi connectivity index (χ2v) is 2.91. The summed E-state index contributed by atoms with van der Waals surface area (Å²) in [6.45, 7) is 2.17. The van der Waals surface area contributed by atoms with Crippen LogP contribution in [-0.2, 0) is 4.79 Å². The van der Waals surface area contributed by atoms with Crippen molar-refractivity contribution in [1.29, 1.82) is 0 Å². The van der Waals surface area contributed by atoms with Gasteiger partial charge in [0.25, 0.3) is 5.56 Å². The molecular weight excluding hydrogens is 198 g/mol. The van der Waals surface area contributed by atoms with E-state index in [1.165, 1.54) is 12.3 Å². The highest BCUT2D eigenvalue weighted by Gasteiger charge is 2.02. The Kier molecular flexibility index (Phi) is 4.36. The van der Waals surface area contributed by atoms with Crippen molar-refractivity contribution < 1.29 is 9.90 Å². The first-order chi connectivity index (χ1) is 7.20. The number of piperazine rings is 1. The topological polar surface area (TPSA) is 94.2 Å². The third-order valence-corrected chi connectivity index (χ3v) is 1.71. The van der Waals surface area contributed by atoms with Crippen molar-refractivity contribution >= 4 is 5.91 Å². The average molecular weight is 211 g/mol. The van der Waals surface area contributed by atoms with E-state index in [1.807, 2.05) is 0 Å². The van der Waals surface area contributed by atoms with Gasteiger partial charge in [0.05, 0.1) is 6.54 Å². The molecule has 1 aromatic rings. The van der Waals surface area contributed by atoms with Gasteiger partial charge in [-0.2, -0.15) is 0 Å². The largest absolute Gasteiger partial charge is 0.503 e. The molecule has 1 aromatic heterocycles. The molecule has 1 aliphatic rings. The molecule has 6 nitrogen and oxygen atoms in total. The molecule has 0 atom stereocenters. The summed E-state index contributed by atoms with van der Waals surface area (Å²) in [5, 5.41) is 14.2. The second kappa shape index (κ2) is 5.82. The Morgan fingerprint density at radius 2 is 2.07 bits per heavy atom. The van der Waals surface area contributed by atoms with Crippen LogP contribution in [0.15, 0.2) is 23.1 Å². The maximum atomic E-state index is 10.3. The lowest BCUT2D eigenvalue weighted by Gasteiger charge is -2.11. The summed E-state index contributed by atoms with van der Waals surface area (Å²) in [7, 11) is 0. The molecule has 1 amide bonds. The predicted molar refractivity (Wildman–Crippen MR) is 54.6 cm³/mol. The zero-order valence-corrected chi connectivity index (χ0v) is 8.12. The van der Waals surface area contributed by atoms with Gasteiger partial charge in [-0.1, -0.05) is 0 Å². The van der Waals surface area contributed by atoms with Crippen molar-refractivity contribution in [2.45, 2.75) is 0 Å². The van der Waals surface area contributed by atoms with E-state index in [1.54, 1.807) is 6.07 Å². The third-order valence-electron chi connectivity index (χ3n) is 1.71. The maximum absolute atomic E-state index is 10.3. The fourth-order valence-electron chi connectivity index (χ4n) is 0.967. The Morgan fingerprint density at radius 1 is 1.27 bits per heavy atom. The molecule has 0 spiro atoms. The number of nitrogens with one attached hydrogen (secondary N) is 3. The first-order valence-electron chi connectivity index (χ1n) is 4.54. The standard InChI is InChI=1S/C5H5NO2.C4H8N2O/c7-4-2-1-3-6-5(4)8;7-4-3-5-1-2-6-4/h1-3,7H,(H,6,8);5H,1-3H2,(H,6,7). The number of hydrogen-bond acceptors (Lipinski definition) is 4. The van der Waals surface area contributed by atoms with E-state index in [0.29, 0.717) is 6.54 Å². The number of H-pyrrole nitrogens is 1. The van der Waals surface area contributed by atoms with Crippen molar-refractivity contribution in [1.82, 2.24) is 15.6 Å². The van der Waals surface area contributed by atoms with E-state index in [4.69, 9.17) is 5.11 Å². The minimum atomic E-state index is -0.451. The summed E-state index contributed by atoms with van der Waals surface area (Å²) < 4.78 is 0. The van der Waals surface area contributed by atoms with Crippen LogP contribution >= 0.6 is 0 Å². The summed E-state index contributed by atoms with van der Waals surface area (Å²) in [4.78, 5) is 22.9. The van der Waals surface area contributed by atoms with E-state index in [0.717, 1.165) is 13.1 Å². The molecule has 1 aliphatic heterocycles. The van der Waals surface area contributed by atoms with Crippen LogP contribution in [0.3, 0.4) is 0 Å². The SMILES string of the molecule is O=C1CNCCN1.O=c1[nH]cccc1O. The normalized spacial score (nSPS) is 14.8. The molecule has 0 saturated carbocycles. The molecule has 15 heavy (non-hydrogen) atoms. The monoisotopic (exact) mass is 211 g/mol. The summed E-state index contributed by atoms with van der Waals surface area (Å²) in [6.07, 6.45) is 1.46. The van der Waals surface area contributed by atoms with E-state index in [-0.39, 0.29) is 11.7 Å². The van der Waals surface area contributed by atoms with E-state index < -0.39 is 5.56 Å². The summed E-state index contributed by atoms with van der Waals surface area (Å²) >= 11 is 0. The Labute approximate surface area is 86.3 Å². The Bertz CT molecular complexity index is 367. The smallest absolute Gasteiger partial charge is 0.290 e. The lowest BCUT2D eigenvalue weighted by Crippen LogP contribution is -2.44. The van der Waals surface area contributed by atoms with Crippen LogP contribution in [0.25, 0.3) is 0 Å². The van der Waals surface area contributed by atoms with Crippen molar-refractivity contribution in [2.75, 3.05) is 19.6 Å². The number of hydrogen-bond donors (Lipinski definition) is 4. The highest BCUT2D eigenvalue weighted by molar-refractivity contribution is 5.78. The molecule has 82 valence electrons. The van der Waals surface area contributed by atoms with E-state index in [9.17, 15) is 9.59 Å². The van der Waals surface area contributed by atoms with Gasteiger partial charge in [-0.05, 0) is 12.1 Å². The number of aromatic amines is 1. The van der Waals surface area contributed by atoms with Gasteiger partial charge in [-0.25, -0.2) is 0 Å². The molecule has 4 N–H and O–H groups in total. The zero-order chi connectivity index (χ0) is 11.1. The van der Waals surface area contributed by atoms with Gasteiger partial charge in [0.15, 0.2) is 5.75 Å². The first kappa shape index (κ1) is 11.3. The van der Waals surface area contributed by atoms with Crippen LogP contribution < -0.4 is 16.2 Å². The van der Waals surface area contributed by atoms with Gasteiger partial charge >= 0.3 is 0 Å². The van der Waals surface area contributed by atoms with Gasteiger partial charge in [-0.15, -0.1) is 0 Å². The van der Waals surface area contributed by atoms with Crippen molar-refractivity contribution in [3.8, 4) is 5.75 Å². The molecule has 2 rings (SSSR count). The van der Waals surface area contributed by atoms with E-state index >= 15 is 0 Å². The number of aromatic hydroxyl groups is 1. The van der Waals surface area contributed by atoms with Crippen molar-refractivity contribution in [3.63, 3.8) is 0 Å². The lowest BCUT2D eigenvalue weighted by atomic mass is 10.4. The average Bonchev–Trinajstić information content (AvgIpc) is 2.25. The van der Waals surface area contributed by atoms with Crippen LogP contribution in [0.2, 0.25) is 0 Å². The molecule has 0 aliphatic carbocycles. The predicted octanol–water partition coefficient (Wildman–Crippen LogP) is -1.21. The molecule has 0 aromatic carbocycles. The van der Waals surface area contributed by atoms with Crippen LogP contribution in [0.5, 0.6) is 5.75 Å². The fourth-order valence-corrected chi connectivity index (χ4v) is 0.967. The molecule has 0 bridgehead atoms. The lowest BCUT2D eigenvalue weighted by molar-refractivity contribution is -0.121. The van der Waals surface area contributed by atoms with E-state index in [2.05, 4.69) is 15.6 Å². The summed E-state index contributed by atoms with van der Waals surface area (Å²) in [5.41, 5.74) is -0.451. The fraction of sp³-hybridized carbons (Fsp3) is 0.333. The molecule has 0 radical (unpaired) electrons. The van der Waals surface area contributed by atoms with Crippen molar-refractivity contribution in [2.24, 2.45) is 0 Å². The van der Waals surface area contributed by atoms with Crippen LogP contribution in [-0.4, -0.2) is 35.6 Å². The number of rotatable bonds is 0. The Hall–Kier alpha value is -1.82. The number of carbonyl (C=O) groups is 1. The quantitative estimate of drug-likeness (QED) is 0.433. The van der Waals surface area contributed by atoms with Gasteiger partial charge in [0.1, 0.15) is 0 Å². The highest BCUT2D eigenvalue weighted by atomic mass is 16.3. The van der Waals surface area contributed by atoms with Gasteiger partial charge in [-0.3, -0.25) is 9.59 Å². The molecular formula is C9H13N3O3. The maximum Gasteiger partial charge on any atom is 0.290 e. The molecule has 2 heterocycles. The Morgan fingerprint density at radius 3 is 2.40 bits per heavy atom. The van der Waals surface area contributed by atoms with Crippen molar-refractivity contribution in [3.05, 3.63) is 28.7 Å². The first-order valence-corrected chi connectivity index (χ1v) is 4.54. The number of carbonyl (C=O) groups excluding carboxylic acids is 1. The van der Waals surface area contributed by atoms with Gasteiger partial charge in [0.2, 0.25) is 5.91 Å². The van der Waals surface area contributed by atoms with Crippen LogP contribution in [0, 0.1) is 0 Å². The van der Waals surface area contributed by atoms with Crippen LogP contribution in [0.1, 0.15) is 0 Å². The van der Waals surface area contributed by atoms with Gasteiger partial charge < -0.3 is 20.7 Å². The minimum Gasteiger partial charge on any atom is -0.503 e. The Balaban J connectivity index is 0.000000151. The molecule has 0 unspecified atom stereocenters.